The molecule has 0 fully saturated rings. The summed E-state index contributed by atoms with van der Waals surface area (Å²) in [7, 11) is 1.68. The largest absolute Gasteiger partial charge is 0.489 e. The standard InChI is InChI=1S/C15H21NO4/c1-11(2)9-18-13-7-15-14(19-10-20-15)6-12(13)8-16-4-5-17-3/h6-7,16H,1,4-5,8-10H2,2-3H3. The molecule has 1 aromatic rings. The van der Waals surface area contributed by atoms with Gasteiger partial charge in [-0.3, -0.25) is 0 Å². The zero-order valence-electron chi connectivity index (χ0n) is 12.0. The highest BCUT2D eigenvalue weighted by Gasteiger charge is 2.18. The summed E-state index contributed by atoms with van der Waals surface area (Å²) in [6, 6.07) is 3.83. The van der Waals surface area contributed by atoms with Crippen molar-refractivity contribution in [3.63, 3.8) is 0 Å². The second-order valence-electron chi connectivity index (χ2n) is 4.73. The Morgan fingerprint density at radius 1 is 1.35 bits per heavy atom. The van der Waals surface area contributed by atoms with Crippen molar-refractivity contribution in [1.29, 1.82) is 0 Å². The minimum Gasteiger partial charge on any atom is -0.489 e. The minimum absolute atomic E-state index is 0.260. The van der Waals surface area contributed by atoms with Crippen LogP contribution < -0.4 is 19.5 Å². The van der Waals surface area contributed by atoms with Crippen LogP contribution in [0.3, 0.4) is 0 Å². The van der Waals surface area contributed by atoms with Gasteiger partial charge < -0.3 is 24.3 Å². The van der Waals surface area contributed by atoms with Crippen LogP contribution in [0.2, 0.25) is 0 Å². The molecule has 0 radical (unpaired) electrons. The Morgan fingerprint density at radius 2 is 2.10 bits per heavy atom. The van der Waals surface area contributed by atoms with E-state index < -0.39 is 0 Å². The molecule has 110 valence electrons. The first-order valence-electron chi connectivity index (χ1n) is 6.60. The van der Waals surface area contributed by atoms with Crippen molar-refractivity contribution < 1.29 is 18.9 Å². The van der Waals surface area contributed by atoms with E-state index in [4.69, 9.17) is 18.9 Å². The molecule has 0 aromatic heterocycles. The summed E-state index contributed by atoms with van der Waals surface area (Å²) < 4.78 is 21.6. The molecule has 0 unspecified atom stereocenters. The quantitative estimate of drug-likeness (QED) is 0.583. The molecule has 0 aliphatic carbocycles. The van der Waals surface area contributed by atoms with Crippen molar-refractivity contribution in [2.45, 2.75) is 13.5 Å². The van der Waals surface area contributed by atoms with Gasteiger partial charge in [0.2, 0.25) is 6.79 Å². The predicted molar refractivity (Wildman–Crippen MR) is 76.5 cm³/mol. The summed E-state index contributed by atoms with van der Waals surface area (Å²) in [5.74, 6) is 2.28. The first-order chi connectivity index (χ1) is 9.70. The molecule has 5 nitrogen and oxygen atoms in total. The first-order valence-corrected chi connectivity index (χ1v) is 6.60. The van der Waals surface area contributed by atoms with Crippen LogP contribution in [-0.2, 0) is 11.3 Å². The van der Waals surface area contributed by atoms with E-state index >= 15 is 0 Å². The number of fused-ring (bicyclic) bond motifs is 1. The SMILES string of the molecule is C=C(C)COc1cc2c(cc1CNCCOC)OCO2. The van der Waals surface area contributed by atoms with Crippen molar-refractivity contribution in [2.24, 2.45) is 0 Å². The van der Waals surface area contributed by atoms with Crippen molar-refractivity contribution in [2.75, 3.05) is 33.7 Å². The van der Waals surface area contributed by atoms with Gasteiger partial charge in [-0.1, -0.05) is 6.58 Å². The third-order valence-electron chi connectivity index (χ3n) is 2.83. The fraction of sp³-hybridized carbons (Fsp3) is 0.467. The molecule has 2 rings (SSSR count). The lowest BCUT2D eigenvalue weighted by molar-refractivity contribution is 0.173. The second kappa shape index (κ2) is 7.17. The Kier molecular flexibility index (Phi) is 5.26. The van der Waals surface area contributed by atoms with Gasteiger partial charge in [0.15, 0.2) is 11.5 Å². The average Bonchev–Trinajstić information content (AvgIpc) is 2.87. The minimum atomic E-state index is 0.260. The van der Waals surface area contributed by atoms with Gasteiger partial charge in [-0.15, -0.1) is 0 Å². The van der Waals surface area contributed by atoms with Crippen molar-refractivity contribution >= 4 is 0 Å². The van der Waals surface area contributed by atoms with Crippen molar-refractivity contribution in [1.82, 2.24) is 5.32 Å². The predicted octanol–water partition coefficient (Wildman–Crippen LogP) is 2.11. The average molecular weight is 279 g/mol. The van der Waals surface area contributed by atoms with Gasteiger partial charge in [0.05, 0.1) is 6.61 Å². The molecule has 0 saturated carbocycles. The lowest BCUT2D eigenvalue weighted by Gasteiger charge is -2.13. The molecule has 1 aromatic carbocycles. The fourth-order valence-electron chi connectivity index (χ4n) is 1.84. The fourth-order valence-corrected chi connectivity index (χ4v) is 1.84. The maximum Gasteiger partial charge on any atom is 0.231 e. The van der Waals surface area contributed by atoms with Gasteiger partial charge in [0, 0.05) is 31.8 Å². The Balaban J connectivity index is 2.07. The molecular weight excluding hydrogens is 258 g/mol. The van der Waals surface area contributed by atoms with E-state index in [0.717, 1.165) is 34.9 Å². The second-order valence-corrected chi connectivity index (χ2v) is 4.73. The number of benzene rings is 1. The maximum atomic E-state index is 5.77. The van der Waals surface area contributed by atoms with Crippen LogP contribution >= 0.6 is 0 Å². The molecule has 1 N–H and O–H groups in total. The van der Waals surface area contributed by atoms with Crippen LogP contribution in [0, 0.1) is 0 Å². The number of hydrogen-bond donors (Lipinski definition) is 1. The molecule has 20 heavy (non-hydrogen) atoms. The van der Waals surface area contributed by atoms with Crippen molar-refractivity contribution in [3.05, 3.63) is 29.8 Å². The molecule has 1 aliphatic heterocycles. The zero-order valence-corrected chi connectivity index (χ0v) is 12.0. The highest BCUT2D eigenvalue weighted by Crippen LogP contribution is 2.38. The number of ether oxygens (including phenoxy) is 4. The van der Waals surface area contributed by atoms with Gasteiger partial charge in [-0.2, -0.15) is 0 Å². The monoisotopic (exact) mass is 279 g/mol. The van der Waals surface area contributed by atoms with E-state index in [1.165, 1.54) is 0 Å². The Morgan fingerprint density at radius 3 is 2.80 bits per heavy atom. The maximum absolute atomic E-state index is 5.77. The summed E-state index contributed by atoms with van der Waals surface area (Å²) in [5, 5.41) is 3.30. The van der Waals surface area contributed by atoms with Crippen LogP contribution in [0.4, 0.5) is 0 Å². The van der Waals surface area contributed by atoms with Gasteiger partial charge >= 0.3 is 0 Å². The van der Waals surface area contributed by atoms with E-state index in [9.17, 15) is 0 Å². The zero-order chi connectivity index (χ0) is 14.4. The highest BCUT2D eigenvalue weighted by atomic mass is 16.7. The summed E-state index contributed by atoms with van der Waals surface area (Å²) in [6.07, 6.45) is 0. The topological polar surface area (TPSA) is 49.0 Å². The molecule has 0 saturated heterocycles. The van der Waals surface area contributed by atoms with Crippen LogP contribution in [0.5, 0.6) is 17.2 Å². The van der Waals surface area contributed by atoms with Gasteiger partial charge in [0.1, 0.15) is 12.4 Å². The van der Waals surface area contributed by atoms with E-state index in [1.807, 2.05) is 19.1 Å². The summed E-state index contributed by atoms with van der Waals surface area (Å²) in [4.78, 5) is 0. The molecule has 5 heteroatoms. The number of hydrogen-bond acceptors (Lipinski definition) is 5. The first kappa shape index (κ1) is 14.7. The van der Waals surface area contributed by atoms with E-state index in [1.54, 1.807) is 7.11 Å². The Hall–Kier alpha value is -1.72. The lowest BCUT2D eigenvalue weighted by atomic mass is 10.1. The molecular formula is C15H21NO4. The Labute approximate surface area is 119 Å². The third-order valence-corrected chi connectivity index (χ3v) is 2.83. The van der Waals surface area contributed by atoms with Crippen LogP contribution in [-0.4, -0.2) is 33.7 Å². The number of nitrogens with one attached hydrogen (secondary N) is 1. The smallest absolute Gasteiger partial charge is 0.231 e. The normalized spacial score (nSPS) is 12.5. The molecule has 0 spiro atoms. The summed E-state index contributed by atoms with van der Waals surface area (Å²) in [5.41, 5.74) is 2.01. The van der Waals surface area contributed by atoms with Crippen LogP contribution in [0.25, 0.3) is 0 Å². The number of rotatable bonds is 8. The molecule has 0 amide bonds. The molecule has 0 bridgehead atoms. The molecule has 0 atom stereocenters. The van der Waals surface area contributed by atoms with Gasteiger partial charge in [0.25, 0.3) is 0 Å². The van der Waals surface area contributed by atoms with Gasteiger partial charge in [-0.05, 0) is 18.6 Å². The summed E-state index contributed by atoms with van der Waals surface area (Å²) >= 11 is 0. The van der Waals surface area contributed by atoms with Crippen LogP contribution in [0.15, 0.2) is 24.3 Å². The van der Waals surface area contributed by atoms with Crippen LogP contribution in [0.1, 0.15) is 12.5 Å². The molecule has 1 aliphatic rings. The lowest BCUT2D eigenvalue weighted by Crippen LogP contribution is -2.19. The number of methoxy groups -OCH3 is 1. The summed E-state index contributed by atoms with van der Waals surface area (Å²) in [6.45, 7) is 8.67. The van der Waals surface area contributed by atoms with E-state index in [-0.39, 0.29) is 6.79 Å². The van der Waals surface area contributed by atoms with E-state index in [0.29, 0.717) is 19.8 Å². The highest BCUT2D eigenvalue weighted by molar-refractivity contribution is 5.51. The third kappa shape index (κ3) is 3.88. The van der Waals surface area contributed by atoms with Gasteiger partial charge in [-0.25, -0.2) is 0 Å². The molecule has 1 heterocycles. The van der Waals surface area contributed by atoms with E-state index in [2.05, 4.69) is 11.9 Å². The van der Waals surface area contributed by atoms with Crippen molar-refractivity contribution in [3.8, 4) is 17.2 Å². The Bertz CT molecular complexity index is 473.